The molecule has 1 atom stereocenters. The number of hydrogen-bond donors (Lipinski definition) is 1. The van der Waals surface area contributed by atoms with E-state index in [0.29, 0.717) is 11.9 Å². The van der Waals surface area contributed by atoms with Crippen LogP contribution in [0.25, 0.3) is 0 Å². The molecule has 0 aliphatic rings. The lowest BCUT2D eigenvalue weighted by molar-refractivity contribution is 0.192. The second-order valence-electron chi connectivity index (χ2n) is 4.19. The predicted octanol–water partition coefficient (Wildman–Crippen LogP) is 2.85. The van der Waals surface area contributed by atoms with Crippen LogP contribution in [0.2, 0.25) is 0 Å². The Morgan fingerprint density at radius 3 is 2.65 bits per heavy atom. The summed E-state index contributed by atoms with van der Waals surface area (Å²) in [6, 6.07) is 10.8. The molecule has 0 fully saturated rings. The largest absolute Gasteiger partial charge is 0.385 e. The van der Waals surface area contributed by atoms with Crippen molar-refractivity contribution in [3.05, 3.63) is 35.9 Å². The quantitative estimate of drug-likeness (QED) is 0.541. The van der Waals surface area contributed by atoms with Gasteiger partial charge in [0, 0.05) is 25.6 Å². The van der Waals surface area contributed by atoms with Crippen molar-refractivity contribution in [2.24, 2.45) is 0 Å². The van der Waals surface area contributed by atoms with E-state index >= 15 is 0 Å². The summed E-state index contributed by atoms with van der Waals surface area (Å²) in [4.78, 5) is 0. The highest BCUT2D eigenvalue weighted by Crippen LogP contribution is 2.04. The van der Waals surface area contributed by atoms with Crippen molar-refractivity contribution >= 4 is 11.6 Å². The molecule has 96 valence electrons. The first-order valence-corrected chi connectivity index (χ1v) is 6.72. The number of ether oxygens (including phenoxy) is 1. The molecular formula is C14H22ClNO. The van der Waals surface area contributed by atoms with Crippen LogP contribution in [0.15, 0.2) is 30.3 Å². The second kappa shape index (κ2) is 9.46. The number of alkyl halides is 1. The van der Waals surface area contributed by atoms with Gasteiger partial charge in [-0.05, 0) is 31.4 Å². The summed E-state index contributed by atoms with van der Waals surface area (Å²) in [5.74, 6) is 0.652. The van der Waals surface area contributed by atoms with Gasteiger partial charge in [-0.3, -0.25) is 0 Å². The Kier molecular flexibility index (Phi) is 8.06. The number of halogens is 1. The second-order valence-corrected chi connectivity index (χ2v) is 4.50. The molecule has 0 aromatic heterocycles. The number of nitrogens with one attached hydrogen (secondary N) is 1. The number of benzene rings is 1. The zero-order valence-electron chi connectivity index (χ0n) is 10.5. The molecule has 1 rings (SSSR count). The van der Waals surface area contributed by atoms with Crippen LogP contribution in [0.5, 0.6) is 0 Å². The highest BCUT2D eigenvalue weighted by Gasteiger charge is 2.06. The summed E-state index contributed by atoms with van der Waals surface area (Å²) in [5, 5.41) is 3.49. The molecule has 0 saturated carbocycles. The lowest BCUT2D eigenvalue weighted by Crippen LogP contribution is -2.33. The summed E-state index contributed by atoms with van der Waals surface area (Å²) >= 11 is 5.97. The average molecular weight is 256 g/mol. The lowest BCUT2D eigenvalue weighted by atomic mass is 10.1. The molecule has 2 nitrogen and oxygen atoms in total. The molecule has 0 saturated heterocycles. The van der Waals surface area contributed by atoms with E-state index in [-0.39, 0.29) is 0 Å². The summed E-state index contributed by atoms with van der Waals surface area (Å²) in [6.07, 6.45) is 3.23. The van der Waals surface area contributed by atoms with Gasteiger partial charge in [-0.15, -0.1) is 11.6 Å². The first-order chi connectivity index (χ1) is 8.36. The minimum absolute atomic E-state index is 0.363. The summed E-state index contributed by atoms with van der Waals surface area (Å²) in [6.45, 7) is 1.85. The fourth-order valence-corrected chi connectivity index (χ4v) is 1.98. The van der Waals surface area contributed by atoms with Crippen LogP contribution in [-0.2, 0) is 11.2 Å². The first kappa shape index (κ1) is 14.5. The van der Waals surface area contributed by atoms with Crippen molar-refractivity contribution in [3.8, 4) is 0 Å². The molecular weight excluding hydrogens is 234 g/mol. The summed E-state index contributed by atoms with van der Waals surface area (Å²) in [5.41, 5.74) is 1.34. The van der Waals surface area contributed by atoms with Crippen LogP contribution < -0.4 is 5.32 Å². The standard InChI is InChI=1S/C14H22ClNO/c1-17-10-6-5-9-16-14(12-15)11-13-7-3-2-4-8-13/h2-4,7-8,14,16H,5-6,9-12H2,1H3. The van der Waals surface area contributed by atoms with E-state index in [1.807, 2.05) is 6.07 Å². The fraction of sp³-hybridized carbons (Fsp3) is 0.571. The highest BCUT2D eigenvalue weighted by molar-refractivity contribution is 6.18. The van der Waals surface area contributed by atoms with Gasteiger partial charge in [-0.2, -0.15) is 0 Å². The van der Waals surface area contributed by atoms with Gasteiger partial charge < -0.3 is 10.1 Å². The Labute approximate surface area is 109 Å². The average Bonchev–Trinajstić information content (AvgIpc) is 2.38. The fourth-order valence-electron chi connectivity index (χ4n) is 1.76. The molecule has 1 aromatic rings. The van der Waals surface area contributed by atoms with Crippen LogP contribution in [0.3, 0.4) is 0 Å². The minimum atomic E-state index is 0.363. The van der Waals surface area contributed by atoms with E-state index in [1.165, 1.54) is 5.56 Å². The van der Waals surface area contributed by atoms with Gasteiger partial charge in [0.15, 0.2) is 0 Å². The molecule has 3 heteroatoms. The van der Waals surface area contributed by atoms with Crippen LogP contribution in [0.1, 0.15) is 18.4 Å². The van der Waals surface area contributed by atoms with Crippen molar-refractivity contribution in [2.45, 2.75) is 25.3 Å². The third-order valence-electron chi connectivity index (χ3n) is 2.72. The molecule has 0 spiro atoms. The minimum Gasteiger partial charge on any atom is -0.385 e. The maximum atomic E-state index is 5.97. The SMILES string of the molecule is COCCCCNC(CCl)Cc1ccccc1. The van der Waals surface area contributed by atoms with Crippen LogP contribution in [0.4, 0.5) is 0 Å². The summed E-state index contributed by atoms with van der Waals surface area (Å²) < 4.78 is 5.02. The van der Waals surface area contributed by atoms with Crippen molar-refractivity contribution in [2.75, 3.05) is 26.1 Å². The zero-order chi connectivity index (χ0) is 12.3. The Morgan fingerprint density at radius 2 is 2.00 bits per heavy atom. The number of methoxy groups -OCH3 is 1. The number of rotatable bonds is 9. The van der Waals surface area contributed by atoms with Crippen molar-refractivity contribution in [1.82, 2.24) is 5.32 Å². The van der Waals surface area contributed by atoms with E-state index in [2.05, 4.69) is 29.6 Å². The van der Waals surface area contributed by atoms with E-state index in [1.54, 1.807) is 7.11 Å². The molecule has 1 unspecified atom stereocenters. The summed E-state index contributed by atoms with van der Waals surface area (Å²) in [7, 11) is 1.74. The van der Waals surface area contributed by atoms with E-state index in [9.17, 15) is 0 Å². The zero-order valence-corrected chi connectivity index (χ0v) is 11.2. The highest BCUT2D eigenvalue weighted by atomic mass is 35.5. The Hall–Kier alpha value is -0.570. The third-order valence-corrected chi connectivity index (χ3v) is 3.09. The molecule has 0 amide bonds. The first-order valence-electron chi connectivity index (χ1n) is 6.19. The van der Waals surface area contributed by atoms with Crippen molar-refractivity contribution in [1.29, 1.82) is 0 Å². The van der Waals surface area contributed by atoms with E-state index in [4.69, 9.17) is 16.3 Å². The third kappa shape index (κ3) is 6.67. The van der Waals surface area contributed by atoms with Crippen molar-refractivity contribution in [3.63, 3.8) is 0 Å². The topological polar surface area (TPSA) is 21.3 Å². The molecule has 1 aromatic carbocycles. The maximum absolute atomic E-state index is 5.97. The predicted molar refractivity (Wildman–Crippen MR) is 73.8 cm³/mol. The molecule has 0 radical (unpaired) electrons. The van der Waals surface area contributed by atoms with Gasteiger partial charge in [0.25, 0.3) is 0 Å². The molecule has 1 N–H and O–H groups in total. The van der Waals surface area contributed by atoms with Crippen LogP contribution in [0, 0.1) is 0 Å². The smallest absolute Gasteiger partial charge is 0.0462 e. The van der Waals surface area contributed by atoms with Gasteiger partial charge in [-0.1, -0.05) is 30.3 Å². The lowest BCUT2D eigenvalue weighted by Gasteiger charge is -2.16. The van der Waals surface area contributed by atoms with E-state index in [0.717, 1.165) is 32.4 Å². The van der Waals surface area contributed by atoms with Gasteiger partial charge in [0.1, 0.15) is 0 Å². The van der Waals surface area contributed by atoms with Gasteiger partial charge in [0.2, 0.25) is 0 Å². The maximum Gasteiger partial charge on any atom is 0.0462 e. The molecule has 17 heavy (non-hydrogen) atoms. The monoisotopic (exact) mass is 255 g/mol. The molecule has 0 aliphatic heterocycles. The van der Waals surface area contributed by atoms with Crippen molar-refractivity contribution < 1.29 is 4.74 Å². The molecule has 0 aliphatic carbocycles. The number of unbranched alkanes of at least 4 members (excludes halogenated alkanes) is 1. The van der Waals surface area contributed by atoms with E-state index < -0.39 is 0 Å². The molecule has 0 bridgehead atoms. The van der Waals surface area contributed by atoms with Gasteiger partial charge in [0.05, 0.1) is 0 Å². The van der Waals surface area contributed by atoms with Gasteiger partial charge >= 0.3 is 0 Å². The van der Waals surface area contributed by atoms with Crippen LogP contribution in [-0.4, -0.2) is 32.2 Å². The normalized spacial score (nSPS) is 12.6. The van der Waals surface area contributed by atoms with Crippen LogP contribution >= 0.6 is 11.6 Å². The Bertz CT molecular complexity index is 279. The number of hydrogen-bond acceptors (Lipinski definition) is 2. The Morgan fingerprint density at radius 1 is 1.24 bits per heavy atom. The molecule has 0 heterocycles. The Balaban J connectivity index is 2.20. The van der Waals surface area contributed by atoms with Gasteiger partial charge in [-0.25, -0.2) is 0 Å².